The molecule has 0 unspecified atom stereocenters. The van der Waals surface area contributed by atoms with E-state index < -0.39 is 15.7 Å². The van der Waals surface area contributed by atoms with E-state index in [1.54, 1.807) is 0 Å². The minimum atomic E-state index is -0.938. The molecule has 14 heavy (non-hydrogen) atoms. The van der Waals surface area contributed by atoms with Crippen LogP contribution in [0.4, 0.5) is 0 Å². The van der Waals surface area contributed by atoms with Crippen molar-refractivity contribution in [3.63, 3.8) is 0 Å². The molecule has 74 valence electrons. The van der Waals surface area contributed by atoms with Gasteiger partial charge in [-0.25, -0.2) is 0 Å². The van der Waals surface area contributed by atoms with E-state index in [1.807, 2.05) is 31.2 Å². The van der Waals surface area contributed by atoms with Crippen molar-refractivity contribution in [3.05, 3.63) is 29.8 Å². The number of benzene rings is 1. The van der Waals surface area contributed by atoms with Gasteiger partial charge in [0.2, 0.25) is 0 Å². The number of hydrogen-bond donors (Lipinski definition) is 1. The van der Waals surface area contributed by atoms with Crippen molar-refractivity contribution in [1.29, 1.82) is 0 Å². The molecule has 0 aromatic heterocycles. The molecule has 0 fully saturated rings. The van der Waals surface area contributed by atoms with Gasteiger partial charge < -0.3 is 0 Å². The van der Waals surface area contributed by atoms with Gasteiger partial charge in [0.1, 0.15) is 0 Å². The summed E-state index contributed by atoms with van der Waals surface area (Å²) in [5.41, 5.74) is 1.03. The van der Waals surface area contributed by atoms with E-state index in [9.17, 15) is 8.53 Å². The summed E-state index contributed by atoms with van der Waals surface area (Å²) in [4.78, 5) is 11.0. The molecule has 0 radical (unpaired) electrons. The Morgan fingerprint density at radius 3 is 2.50 bits per heavy atom. The molecular weight excluding hydrogens is 241 g/mol. The van der Waals surface area contributed by atoms with Crippen LogP contribution >= 0.6 is 0 Å². The monoisotopic (exact) mass is 253 g/mol. The summed E-state index contributed by atoms with van der Waals surface area (Å²) >= 11 is -0.938. The molecule has 0 atom stereocenters. The Kier molecular flexibility index (Phi) is 4.54. The summed E-state index contributed by atoms with van der Waals surface area (Å²) in [6, 6.07) is 7.44. The van der Waals surface area contributed by atoms with E-state index in [1.165, 1.54) is 0 Å². The van der Waals surface area contributed by atoms with Crippen LogP contribution in [0.15, 0.2) is 24.3 Å². The second-order valence-corrected chi connectivity index (χ2v) is 4.35. The first-order valence-corrected chi connectivity index (χ1v) is 6.15. The molecular formula is C10H12AsNO2. The summed E-state index contributed by atoms with van der Waals surface area (Å²) in [6.45, 7) is 2.36. The maximum absolute atomic E-state index is 11.0. The Morgan fingerprint density at radius 2 is 2.00 bits per heavy atom. The van der Waals surface area contributed by atoms with E-state index >= 15 is 0 Å². The summed E-state index contributed by atoms with van der Waals surface area (Å²) in [5, 5.41) is 2.78. The minimum absolute atomic E-state index is 0.0456. The van der Waals surface area contributed by atoms with Gasteiger partial charge in [0, 0.05) is 0 Å². The Hall–Kier alpha value is -0.952. The first kappa shape index (κ1) is 11.1. The molecule has 0 aliphatic carbocycles. The summed E-state index contributed by atoms with van der Waals surface area (Å²) in [6.07, 6.45) is 0.503. The fourth-order valence-electron chi connectivity index (χ4n) is 1.00. The van der Waals surface area contributed by atoms with Gasteiger partial charge in [-0.3, -0.25) is 0 Å². The second kappa shape index (κ2) is 5.71. The number of carbonyl (C=O) groups excluding carboxylic acids is 1. The van der Waals surface area contributed by atoms with Crippen molar-refractivity contribution in [2.24, 2.45) is 0 Å². The van der Waals surface area contributed by atoms with Crippen LogP contribution in [0.25, 0.3) is 0 Å². The predicted molar refractivity (Wildman–Crippen MR) is 54.7 cm³/mol. The Labute approximate surface area is 89.8 Å². The van der Waals surface area contributed by atoms with Crippen LogP contribution in [-0.2, 0) is 15.1 Å². The zero-order chi connectivity index (χ0) is 10.4. The molecule has 1 rings (SSSR count). The van der Waals surface area contributed by atoms with Crippen molar-refractivity contribution in [1.82, 2.24) is 5.32 Å². The number of rotatable bonds is 4. The second-order valence-electron chi connectivity index (χ2n) is 2.89. The number of nitrogens with one attached hydrogen (secondary N) is 1. The van der Waals surface area contributed by atoms with E-state index in [0.29, 0.717) is 13.0 Å². The van der Waals surface area contributed by atoms with Crippen LogP contribution in [-0.4, -0.2) is 21.6 Å². The van der Waals surface area contributed by atoms with Crippen LogP contribution in [0.2, 0.25) is 0 Å². The molecule has 3 nitrogen and oxygen atoms in total. The third-order valence-electron chi connectivity index (χ3n) is 1.85. The SMILES string of the molecule is CCC(=O)NCc1ccc([As]=O)cc1. The zero-order valence-corrected chi connectivity index (χ0v) is 9.86. The molecule has 0 aliphatic rings. The van der Waals surface area contributed by atoms with E-state index in [4.69, 9.17) is 0 Å². The van der Waals surface area contributed by atoms with Crippen molar-refractivity contribution in [2.45, 2.75) is 19.9 Å². The normalized spacial score (nSPS) is 10.1. The Balaban J connectivity index is 2.51. The van der Waals surface area contributed by atoms with Gasteiger partial charge in [-0.2, -0.15) is 0 Å². The van der Waals surface area contributed by atoms with E-state index in [0.717, 1.165) is 9.91 Å². The quantitative estimate of drug-likeness (QED) is 0.789. The van der Waals surface area contributed by atoms with Crippen LogP contribution in [0.3, 0.4) is 0 Å². The maximum atomic E-state index is 11.0. The Morgan fingerprint density at radius 1 is 1.36 bits per heavy atom. The molecule has 1 aromatic carbocycles. The molecule has 1 amide bonds. The summed E-state index contributed by atoms with van der Waals surface area (Å²) in [7, 11) is 0. The van der Waals surface area contributed by atoms with Gasteiger partial charge >= 0.3 is 89.5 Å². The molecule has 0 spiro atoms. The van der Waals surface area contributed by atoms with Crippen molar-refractivity contribution in [2.75, 3.05) is 0 Å². The fraction of sp³-hybridized carbons (Fsp3) is 0.300. The van der Waals surface area contributed by atoms with E-state index in [-0.39, 0.29) is 5.91 Å². The number of amides is 1. The predicted octanol–water partition coefficient (Wildman–Crippen LogP) is 0.388. The molecule has 1 aromatic rings. The van der Waals surface area contributed by atoms with Crippen LogP contribution in [0.5, 0.6) is 0 Å². The number of carbonyl (C=O) groups is 1. The molecule has 1 N–H and O–H groups in total. The fourth-order valence-corrected chi connectivity index (χ4v) is 1.57. The van der Waals surface area contributed by atoms with Gasteiger partial charge in [0.15, 0.2) is 0 Å². The van der Waals surface area contributed by atoms with E-state index in [2.05, 4.69) is 5.32 Å². The molecule has 0 bridgehead atoms. The molecule has 4 heteroatoms. The van der Waals surface area contributed by atoms with Gasteiger partial charge in [-0.15, -0.1) is 0 Å². The van der Waals surface area contributed by atoms with Crippen LogP contribution in [0, 0.1) is 0 Å². The van der Waals surface area contributed by atoms with Gasteiger partial charge in [0.25, 0.3) is 0 Å². The standard InChI is InChI=1S/C10H12AsNO2/c1-2-10(13)12-7-8-3-5-9(11-14)6-4-8/h3-6H,2,7H2,1H3,(H,12,13). The molecule has 0 heterocycles. The third-order valence-corrected chi connectivity index (χ3v) is 2.92. The van der Waals surface area contributed by atoms with Crippen molar-refractivity contribution in [3.8, 4) is 0 Å². The van der Waals surface area contributed by atoms with Gasteiger partial charge in [0.05, 0.1) is 0 Å². The van der Waals surface area contributed by atoms with Crippen LogP contribution < -0.4 is 9.67 Å². The summed E-state index contributed by atoms with van der Waals surface area (Å²) in [5.74, 6) is 0.0456. The van der Waals surface area contributed by atoms with Crippen LogP contribution in [0.1, 0.15) is 18.9 Å². The average Bonchev–Trinajstić information content (AvgIpc) is 2.26. The van der Waals surface area contributed by atoms with Crippen molar-refractivity contribution < 1.29 is 8.53 Å². The first-order valence-electron chi connectivity index (χ1n) is 4.45. The molecule has 0 saturated carbocycles. The Bertz CT molecular complexity index is 321. The zero-order valence-electron chi connectivity index (χ0n) is 7.99. The topological polar surface area (TPSA) is 46.2 Å². The third kappa shape index (κ3) is 3.42. The molecule has 0 saturated heterocycles. The summed E-state index contributed by atoms with van der Waals surface area (Å²) < 4.78 is 11.4. The average molecular weight is 253 g/mol. The van der Waals surface area contributed by atoms with Gasteiger partial charge in [-0.05, 0) is 0 Å². The van der Waals surface area contributed by atoms with Gasteiger partial charge in [-0.1, -0.05) is 0 Å². The number of hydrogen-bond acceptors (Lipinski definition) is 2. The molecule has 0 aliphatic heterocycles. The first-order chi connectivity index (χ1) is 6.76. The van der Waals surface area contributed by atoms with Crippen molar-refractivity contribution >= 4 is 25.9 Å².